The van der Waals surface area contributed by atoms with Gasteiger partial charge in [-0.05, 0) is 5.56 Å². The number of rotatable bonds is 6. The predicted octanol–water partition coefficient (Wildman–Crippen LogP) is 4.48. The standard InChI is InChI=1S/C16H15NO2.C4H6/c1-13(16(18)19-2)15(9-6-12-17)11-10-14-7-4-3-5-8-14;1-3-4-2/h3-11,15H,1H2,2H3;3-4H,1-2H2. The average molecular weight is 307 g/mol. The highest BCUT2D eigenvalue weighted by Gasteiger charge is 2.14. The van der Waals surface area contributed by atoms with E-state index in [2.05, 4.69) is 24.5 Å². The van der Waals surface area contributed by atoms with Crippen molar-refractivity contribution in [3.05, 3.63) is 91.6 Å². The smallest absolute Gasteiger partial charge is 0.334 e. The molecule has 1 rings (SSSR count). The van der Waals surface area contributed by atoms with Crippen molar-refractivity contribution in [1.82, 2.24) is 0 Å². The summed E-state index contributed by atoms with van der Waals surface area (Å²) in [6.07, 6.45) is 9.90. The molecule has 1 unspecified atom stereocenters. The Bertz CT molecular complexity index is 613. The molecule has 0 saturated carbocycles. The quantitative estimate of drug-likeness (QED) is 0.337. The summed E-state index contributed by atoms with van der Waals surface area (Å²) < 4.78 is 4.64. The molecule has 1 atom stereocenters. The van der Waals surface area contributed by atoms with Crippen LogP contribution >= 0.6 is 0 Å². The lowest BCUT2D eigenvalue weighted by molar-refractivity contribution is -0.136. The normalized spacial score (nSPS) is 11.0. The van der Waals surface area contributed by atoms with Crippen molar-refractivity contribution >= 4 is 12.0 Å². The fourth-order valence-corrected chi connectivity index (χ4v) is 1.49. The van der Waals surface area contributed by atoms with Gasteiger partial charge in [-0.2, -0.15) is 5.26 Å². The molecule has 0 aliphatic rings. The van der Waals surface area contributed by atoms with Gasteiger partial charge in [0.05, 0.1) is 13.2 Å². The zero-order chi connectivity index (χ0) is 17.5. The number of benzene rings is 1. The number of ether oxygens (including phenoxy) is 1. The maximum Gasteiger partial charge on any atom is 0.334 e. The topological polar surface area (TPSA) is 50.1 Å². The summed E-state index contributed by atoms with van der Waals surface area (Å²) in [5.41, 5.74) is 1.30. The number of nitrogens with zero attached hydrogens (tertiary/aromatic N) is 1. The van der Waals surface area contributed by atoms with Gasteiger partial charge in [0, 0.05) is 17.6 Å². The van der Waals surface area contributed by atoms with Gasteiger partial charge in [0.1, 0.15) is 0 Å². The van der Waals surface area contributed by atoms with E-state index in [-0.39, 0.29) is 5.92 Å². The summed E-state index contributed by atoms with van der Waals surface area (Å²) >= 11 is 0. The van der Waals surface area contributed by atoms with Crippen molar-refractivity contribution in [3.8, 4) is 6.07 Å². The molecule has 0 amide bonds. The maximum absolute atomic E-state index is 11.5. The molecule has 0 aliphatic carbocycles. The molecule has 23 heavy (non-hydrogen) atoms. The van der Waals surface area contributed by atoms with Crippen LogP contribution in [0.4, 0.5) is 0 Å². The van der Waals surface area contributed by atoms with Crippen molar-refractivity contribution in [2.75, 3.05) is 7.11 Å². The Morgan fingerprint density at radius 1 is 1.22 bits per heavy atom. The minimum atomic E-state index is -0.481. The molecule has 1 aromatic carbocycles. The predicted molar refractivity (Wildman–Crippen MR) is 95.3 cm³/mol. The summed E-state index contributed by atoms with van der Waals surface area (Å²) in [4.78, 5) is 11.5. The molecule has 3 nitrogen and oxygen atoms in total. The van der Waals surface area contributed by atoms with E-state index in [1.807, 2.05) is 48.6 Å². The van der Waals surface area contributed by atoms with Gasteiger partial charge in [-0.3, -0.25) is 0 Å². The zero-order valence-corrected chi connectivity index (χ0v) is 13.3. The third-order valence-corrected chi connectivity index (χ3v) is 2.69. The van der Waals surface area contributed by atoms with Crippen molar-refractivity contribution in [2.45, 2.75) is 0 Å². The lowest BCUT2D eigenvalue weighted by atomic mass is 9.98. The lowest BCUT2D eigenvalue weighted by Crippen LogP contribution is -2.10. The monoisotopic (exact) mass is 307 g/mol. The van der Waals surface area contributed by atoms with E-state index in [9.17, 15) is 4.79 Å². The molecule has 0 aliphatic heterocycles. The molecule has 118 valence electrons. The number of esters is 1. The van der Waals surface area contributed by atoms with Crippen LogP contribution in [-0.2, 0) is 9.53 Å². The van der Waals surface area contributed by atoms with E-state index in [1.54, 1.807) is 18.2 Å². The number of carbonyl (C=O) groups is 1. The van der Waals surface area contributed by atoms with Crippen LogP contribution < -0.4 is 0 Å². The van der Waals surface area contributed by atoms with Gasteiger partial charge in [0.25, 0.3) is 0 Å². The Balaban J connectivity index is 0.00000108. The van der Waals surface area contributed by atoms with Gasteiger partial charge < -0.3 is 4.74 Å². The van der Waals surface area contributed by atoms with Crippen LogP contribution in [0.15, 0.2) is 86.0 Å². The van der Waals surface area contributed by atoms with E-state index < -0.39 is 5.97 Å². The third-order valence-electron chi connectivity index (χ3n) is 2.69. The Morgan fingerprint density at radius 2 is 1.83 bits per heavy atom. The van der Waals surface area contributed by atoms with E-state index in [1.165, 1.54) is 13.2 Å². The van der Waals surface area contributed by atoms with E-state index in [4.69, 9.17) is 5.26 Å². The minimum absolute atomic E-state index is 0.293. The van der Waals surface area contributed by atoms with Crippen LogP contribution in [-0.4, -0.2) is 13.1 Å². The second-order valence-corrected chi connectivity index (χ2v) is 4.27. The van der Waals surface area contributed by atoms with E-state index in [0.29, 0.717) is 5.57 Å². The molecule has 0 radical (unpaired) electrons. The second kappa shape index (κ2) is 12.6. The van der Waals surface area contributed by atoms with Gasteiger partial charge in [0.2, 0.25) is 0 Å². The average Bonchev–Trinajstić information content (AvgIpc) is 2.61. The van der Waals surface area contributed by atoms with Crippen LogP contribution in [0.1, 0.15) is 5.56 Å². The fraction of sp³-hybridized carbons (Fsp3) is 0.100. The molecule has 0 aromatic heterocycles. The second-order valence-electron chi connectivity index (χ2n) is 4.27. The van der Waals surface area contributed by atoms with Gasteiger partial charge in [0.15, 0.2) is 0 Å². The molecule has 0 saturated heterocycles. The van der Waals surface area contributed by atoms with Gasteiger partial charge >= 0.3 is 5.97 Å². The molecule has 3 heteroatoms. The molecule has 0 bridgehead atoms. The molecule has 0 fully saturated rings. The first-order valence-corrected chi connectivity index (χ1v) is 6.90. The Kier molecular flexibility index (Phi) is 10.9. The number of methoxy groups -OCH3 is 1. The summed E-state index contributed by atoms with van der Waals surface area (Å²) in [5, 5.41) is 8.57. The summed E-state index contributed by atoms with van der Waals surface area (Å²) in [7, 11) is 1.31. The number of carbonyl (C=O) groups excluding carboxylic acids is 1. The largest absolute Gasteiger partial charge is 0.466 e. The number of nitriles is 1. The zero-order valence-electron chi connectivity index (χ0n) is 13.3. The van der Waals surface area contributed by atoms with Crippen LogP contribution in [0.25, 0.3) is 6.08 Å². The third kappa shape index (κ3) is 8.69. The molecular formula is C20H21NO2. The molecule has 0 spiro atoms. The Morgan fingerprint density at radius 3 is 2.30 bits per heavy atom. The number of hydrogen-bond donors (Lipinski definition) is 0. The van der Waals surface area contributed by atoms with E-state index >= 15 is 0 Å². The molecule has 1 aromatic rings. The minimum Gasteiger partial charge on any atom is -0.466 e. The number of allylic oxidation sites excluding steroid dienone is 5. The summed E-state index contributed by atoms with van der Waals surface area (Å²) in [6.45, 7) is 10.4. The van der Waals surface area contributed by atoms with Crippen LogP contribution in [0.3, 0.4) is 0 Å². The SMILES string of the molecule is C=C(C(=O)OC)C(C=CC#N)C=Cc1ccccc1.C=CC=C. The van der Waals surface area contributed by atoms with Crippen LogP contribution in [0.2, 0.25) is 0 Å². The summed E-state index contributed by atoms with van der Waals surface area (Å²) in [5.74, 6) is -0.836. The van der Waals surface area contributed by atoms with Gasteiger partial charge in [-0.25, -0.2) is 4.79 Å². The highest BCUT2D eigenvalue weighted by Crippen LogP contribution is 2.16. The highest BCUT2D eigenvalue weighted by molar-refractivity contribution is 5.89. The fourth-order valence-electron chi connectivity index (χ4n) is 1.49. The highest BCUT2D eigenvalue weighted by atomic mass is 16.5. The number of hydrogen-bond acceptors (Lipinski definition) is 3. The molecule has 0 N–H and O–H groups in total. The Hall–Kier alpha value is -3.12. The van der Waals surface area contributed by atoms with Crippen LogP contribution in [0.5, 0.6) is 0 Å². The van der Waals surface area contributed by atoms with Crippen molar-refractivity contribution < 1.29 is 9.53 Å². The first-order valence-electron chi connectivity index (χ1n) is 6.90. The van der Waals surface area contributed by atoms with Crippen molar-refractivity contribution in [2.24, 2.45) is 5.92 Å². The van der Waals surface area contributed by atoms with Crippen LogP contribution in [0, 0.1) is 17.2 Å². The van der Waals surface area contributed by atoms with Crippen molar-refractivity contribution in [1.29, 1.82) is 5.26 Å². The molecular weight excluding hydrogens is 286 g/mol. The first-order chi connectivity index (χ1) is 11.1. The van der Waals surface area contributed by atoms with Gasteiger partial charge in [-0.15, -0.1) is 0 Å². The molecule has 0 heterocycles. The van der Waals surface area contributed by atoms with E-state index in [0.717, 1.165) is 5.56 Å². The van der Waals surface area contributed by atoms with Crippen molar-refractivity contribution in [3.63, 3.8) is 0 Å². The maximum atomic E-state index is 11.5. The van der Waals surface area contributed by atoms with Gasteiger partial charge in [-0.1, -0.05) is 80.4 Å². The Labute approximate surface area is 138 Å². The lowest BCUT2D eigenvalue weighted by Gasteiger charge is -2.09. The first kappa shape index (κ1) is 19.9. The summed E-state index contributed by atoms with van der Waals surface area (Å²) in [6, 6.07) is 11.6.